The van der Waals surface area contributed by atoms with Crippen LogP contribution in [-0.2, 0) is 0 Å². The summed E-state index contributed by atoms with van der Waals surface area (Å²) in [5, 5.41) is 17.3. The first-order valence-electron chi connectivity index (χ1n) is 12.5. The molecule has 1 aliphatic heterocycles. The number of pyridine rings is 2. The molecular formula is C28H31N7O2S. The van der Waals surface area contributed by atoms with Crippen molar-refractivity contribution in [1.82, 2.24) is 25.3 Å². The predicted octanol–water partition coefficient (Wildman–Crippen LogP) is 3.92. The van der Waals surface area contributed by atoms with E-state index >= 15 is 0 Å². The monoisotopic (exact) mass is 529 g/mol. The van der Waals surface area contributed by atoms with Crippen LogP contribution in [0.5, 0.6) is 0 Å². The van der Waals surface area contributed by atoms with Gasteiger partial charge in [0.25, 0.3) is 5.91 Å². The van der Waals surface area contributed by atoms with Gasteiger partial charge in [-0.25, -0.2) is 15.0 Å². The number of para-hydroxylation sites is 1. The smallest absolute Gasteiger partial charge is 0.251 e. The molecule has 5 rings (SSSR count). The van der Waals surface area contributed by atoms with Crippen molar-refractivity contribution in [1.29, 1.82) is 0 Å². The Morgan fingerprint density at radius 2 is 2.05 bits per heavy atom. The first kappa shape index (κ1) is 25.9. The number of hydrogen-bond acceptors (Lipinski definition) is 9. The van der Waals surface area contributed by atoms with Crippen molar-refractivity contribution in [3.63, 3.8) is 0 Å². The SMILES string of the molecule is CNC(=O)c1ccnc2c(C(CNc3cc(-c4ccc(N5CCC(C)(O)C5)nc4)ncn3)SC)cccc12. The zero-order chi connectivity index (χ0) is 26.7. The second-order valence-corrected chi connectivity index (χ2v) is 10.7. The van der Waals surface area contributed by atoms with Crippen LogP contribution in [-0.4, -0.2) is 69.5 Å². The number of hydrogen-bond donors (Lipinski definition) is 3. The summed E-state index contributed by atoms with van der Waals surface area (Å²) >= 11 is 1.71. The molecule has 2 atom stereocenters. The van der Waals surface area contributed by atoms with Gasteiger partial charge in [0, 0.05) is 61.3 Å². The molecule has 0 saturated carbocycles. The maximum Gasteiger partial charge on any atom is 0.251 e. The van der Waals surface area contributed by atoms with E-state index in [9.17, 15) is 9.90 Å². The molecule has 1 aromatic carbocycles. The van der Waals surface area contributed by atoms with Gasteiger partial charge in [-0.3, -0.25) is 9.78 Å². The van der Waals surface area contributed by atoms with Crippen LogP contribution in [0.2, 0.25) is 0 Å². The zero-order valence-corrected chi connectivity index (χ0v) is 22.5. The van der Waals surface area contributed by atoms with Crippen LogP contribution in [0, 0.1) is 0 Å². The molecule has 1 aliphatic rings. The topological polar surface area (TPSA) is 116 Å². The number of benzene rings is 1. The number of β-amino-alcohol motifs (C(OH)–C–C–N with tert-alkyl or cyclic N) is 1. The second kappa shape index (κ2) is 10.9. The summed E-state index contributed by atoms with van der Waals surface area (Å²) in [6.45, 7) is 3.85. The molecule has 4 heterocycles. The lowest BCUT2D eigenvalue weighted by Gasteiger charge is -2.20. The molecule has 0 bridgehead atoms. The first-order valence-corrected chi connectivity index (χ1v) is 13.8. The number of thioether (sulfide) groups is 1. The van der Waals surface area contributed by atoms with Gasteiger partial charge in [-0.15, -0.1) is 0 Å². The van der Waals surface area contributed by atoms with Crippen molar-refractivity contribution in [2.24, 2.45) is 0 Å². The Labute approximate surface area is 226 Å². The lowest BCUT2D eigenvalue weighted by molar-refractivity contribution is 0.0838. The summed E-state index contributed by atoms with van der Waals surface area (Å²) < 4.78 is 0. The molecule has 1 fully saturated rings. The summed E-state index contributed by atoms with van der Waals surface area (Å²) in [6.07, 6.45) is 7.84. The van der Waals surface area contributed by atoms with Crippen molar-refractivity contribution in [3.05, 3.63) is 72.3 Å². The molecule has 0 spiro atoms. The van der Waals surface area contributed by atoms with Gasteiger partial charge in [0.05, 0.1) is 22.4 Å². The normalized spacial score (nSPS) is 17.9. The Hall–Kier alpha value is -3.76. The Bertz CT molecular complexity index is 1450. The van der Waals surface area contributed by atoms with Crippen LogP contribution in [0.3, 0.4) is 0 Å². The van der Waals surface area contributed by atoms with Crippen molar-refractivity contribution >= 4 is 40.2 Å². The number of rotatable bonds is 8. The van der Waals surface area contributed by atoms with E-state index in [0.717, 1.165) is 46.5 Å². The summed E-state index contributed by atoms with van der Waals surface area (Å²) in [5.74, 6) is 1.44. The summed E-state index contributed by atoms with van der Waals surface area (Å²) in [6, 6.07) is 13.6. The minimum Gasteiger partial charge on any atom is -0.388 e. The van der Waals surface area contributed by atoms with Crippen molar-refractivity contribution in [2.75, 3.05) is 43.2 Å². The first-order chi connectivity index (χ1) is 18.4. The van der Waals surface area contributed by atoms with Gasteiger partial charge >= 0.3 is 0 Å². The summed E-state index contributed by atoms with van der Waals surface area (Å²) in [7, 11) is 1.63. The number of carbonyl (C=O) groups is 1. The van der Waals surface area contributed by atoms with Gasteiger partial charge < -0.3 is 20.6 Å². The maximum absolute atomic E-state index is 12.4. The van der Waals surface area contributed by atoms with Gasteiger partial charge in [0.1, 0.15) is 18.0 Å². The van der Waals surface area contributed by atoms with Gasteiger partial charge in [-0.2, -0.15) is 11.8 Å². The summed E-state index contributed by atoms with van der Waals surface area (Å²) in [4.78, 5) is 32.5. The third kappa shape index (κ3) is 5.41. The van der Waals surface area contributed by atoms with E-state index in [2.05, 4.69) is 47.8 Å². The van der Waals surface area contributed by atoms with Crippen LogP contribution in [0.4, 0.5) is 11.6 Å². The molecule has 4 aromatic rings. The Morgan fingerprint density at radius 1 is 1.18 bits per heavy atom. The van der Waals surface area contributed by atoms with E-state index < -0.39 is 5.60 Å². The molecule has 1 amide bonds. The second-order valence-electron chi connectivity index (χ2n) is 9.65. The number of aromatic nitrogens is 4. The molecule has 0 radical (unpaired) electrons. The fourth-order valence-corrected chi connectivity index (χ4v) is 5.48. The minimum atomic E-state index is -0.670. The highest BCUT2D eigenvalue weighted by molar-refractivity contribution is 7.98. The molecule has 3 aromatic heterocycles. The van der Waals surface area contributed by atoms with E-state index in [0.29, 0.717) is 24.5 Å². The molecular weight excluding hydrogens is 498 g/mol. The molecule has 38 heavy (non-hydrogen) atoms. The number of fused-ring (bicyclic) bond motifs is 1. The number of amides is 1. The van der Waals surface area contributed by atoms with Crippen LogP contribution in [0.15, 0.2) is 61.2 Å². The van der Waals surface area contributed by atoms with E-state index in [-0.39, 0.29) is 11.2 Å². The van der Waals surface area contributed by atoms with Gasteiger partial charge in [-0.1, -0.05) is 18.2 Å². The molecule has 9 nitrogen and oxygen atoms in total. The number of aliphatic hydroxyl groups is 1. The lowest BCUT2D eigenvalue weighted by Crippen LogP contribution is -2.29. The number of nitrogens with one attached hydrogen (secondary N) is 2. The largest absolute Gasteiger partial charge is 0.388 e. The van der Waals surface area contributed by atoms with E-state index in [4.69, 9.17) is 0 Å². The van der Waals surface area contributed by atoms with Crippen molar-refractivity contribution in [2.45, 2.75) is 24.2 Å². The van der Waals surface area contributed by atoms with Gasteiger partial charge in [0.15, 0.2) is 0 Å². The van der Waals surface area contributed by atoms with Crippen LogP contribution in [0.25, 0.3) is 22.2 Å². The van der Waals surface area contributed by atoms with Crippen LogP contribution >= 0.6 is 11.8 Å². The average Bonchev–Trinajstić information content (AvgIpc) is 3.32. The molecule has 1 saturated heterocycles. The van der Waals surface area contributed by atoms with Crippen molar-refractivity contribution in [3.8, 4) is 11.3 Å². The maximum atomic E-state index is 12.4. The number of anilines is 2. The molecule has 3 N–H and O–H groups in total. The zero-order valence-electron chi connectivity index (χ0n) is 21.7. The average molecular weight is 530 g/mol. The third-order valence-electron chi connectivity index (χ3n) is 6.86. The van der Waals surface area contributed by atoms with Crippen LogP contribution in [0.1, 0.15) is 34.5 Å². The van der Waals surface area contributed by atoms with Gasteiger partial charge in [-0.05, 0) is 43.4 Å². The highest BCUT2D eigenvalue weighted by Crippen LogP contribution is 2.33. The van der Waals surface area contributed by atoms with E-state index in [1.54, 1.807) is 37.4 Å². The fourth-order valence-electron chi connectivity index (χ4n) is 4.79. The quantitative estimate of drug-likeness (QED) is 0.312. The van der Waals surface area contributed by atoms with Crippen LogP contribution < -0.4 is 15.5 Å². The molecule has 0 aliphatic carbocycles. The third-order valence-corrected chi connectivity index (χ3v) is 7.85. The lowest BCUT2D eigenvalue weighted by atomic mass is 10.0. The molecule has 10 heteroatoms. The Morgan fingerprint density at radius 3 is 2.76 bits per heavy atom. The van der Waals surface area contributed by atoms with E-state index in [1.807, 2.05) is 43.5 Å². The molecule has 196 valence electrons. The highest BCUT2D eigenvalue weighted by atomic mass is 32.2. The highest BCUT2D eigenvalue weighted by Gasteiger charge is 2.31. The summed E-state index contributed by atoms with van der Waals surface area (Å²) in [5.41, 5.74) is 3.50. The standard InChI is InChI=1S/C28H31N7O2S/c1-28(37)10-12-35(16-28)25-8-7-18(14-32-25)22-13-24(34-17-33-22)31-15-23(38-3)21-6-4-5-19-20(27(36)29-2)9-11-30-26(19)21/h4-9,11,13-14,17,23,37H,10,12,15-16H2,1-3H3,(H,29,36)(H,31,33,34). The number of nitrogens with zero attached hydrogens (tertiary/aromatic N) is 5. The number of carbonyl (C=O) groups excluding carboxylic acids is 1. The fraction of sp³-hybridized carbons (Fsp3) is 0.321. The molecule has 2 unspecified atom stereocenters. The predicted molar refractivity (Wildman–Crippen MR) is 153 cm³/mol. The van der Waals surface area contributed by atoms with Gasteiger partial charge in [0.2, 0.25) is 0 Å². The van der Waals surface area contributed by atoms with E-state index in [1.165, 1.54) is 0 Å². The Kier molecular flexibility index (Phi) is 7.44. The van der Waals surface area contributed by atoms with Crippen molar-refractivity contribution < 1.29 is 9.90 Å². The minimum absolute atomic E-state index is 0.0863. The Balaban J connectivity index is 1.32.